The molecule has 1 aromatic rings. The molecule has 0 aliphatic carbocycles. The number of amides is 2. The summed E-state index contributed by atoms with van der Waals surface area (Å²) in [6.45, 7) is 0. The SMILES string of the molecule is NC(=O)CC(NC(=O)c1c[nH]c(=O)[nH]1)C(=O)O. The molecular formula is C8H10N4O5. The number of imidazole rings is 1. The summed E-state index contributed by atoms with van der Waals surface area (Å²) < 4.78 is 0. The van der Waals surface area contributed by atoms with Crippen LogP contribution in [0.15, 0.2) is 11.0 Å². The second kappa shape index (κ2) is 4.96. The number of nitrogens with two attached hydrogens (primary N) is 1. The van der Waals surface area contributed by atoms with E-state index in [1.807, 2.05) is 5.32 Å². The average Bonchev–Trinajstić information content (AvgIpc) is 2.63. The van der Waals surface area contributed by atoms with E-state index >= 15 is 0 Å². The van der Waals surface area contributed by atoms with E-state index in [0.717, 1.165) is 6.20 Å². The first-order chi connectivity index (χ1) is 7.90. The average molecular weight is 242 g/mol. The van der Waals surface area contributed by atoms with E-state index in [9.17, 15) is 19.2 Å². The van der Waals surface area contributed by atoms with Crippen molar-refractivity contribution in [3.8, 4) is 0 Å². The molecule has 0 fully saturated rings. The largest absolute Gasteiger partial charge is 0.480 e. The van der Waals surface area contributed by atoms with Gasteiger partial charge >= 0.3 is 11.7 Å². The van der Waals surface area contributed by atoms with Crippen LogP contribution in [0.1, 0.15) is 16.9 Å². The zero-order valence-electron chi connectivity index (χ0n) is 8.52. The minimum Gasteiger partial charge on any atom is -0.480 e. The minimum atomic E-state index is -1.43. The Labute approximate surface area is 94.0 Å². The first-order valence-electron chi connectivity index (χ1n) is 4.50. The van der Waals surface area contributed by atoms with Crippen LogP contribution in [0, 0.1) is 0 Å². The molecule has 0 aliphatic heterocycles. The van der Waals surface area contributed by atoms with Crippen LogP contribution in [-0.2, 0) is 9.59 Å². The Morgan fingerprint density at radius 2 is 2.12 bits per heavy atom. The van der Waals surface area contributed by atoms with Crippen LogP contribution in [0.25, 0.3) is 0 Å². The molecule has 0 saturated heterocycles. The van der Waals surface area contributed by atoms with Crippen molar-refractivity contribution in [1.82, 2.24) is 15.3 Å². The second-order valence-electron chi connectivity index (χ2n) is 3.19. The normalized spacial score (nSPS) is 11.8. The van der Waals surface area contributed by atoms with Crippen LogP contribution in [0.3, 0.4) is 0 Å². The molecule has 1 unspecified atom stereocenters. The van der Waals surface area contributed by atoms with E-state index < -0.39 is 35.9 Å². The van der Waals surface area contributed by atoms with E-state index in [4.69, 9.17) is 10.8 Å². The van der Waals surface area contributed by atoms with Gasteiger partial charge in [0.25, 0.3) is 5.91 Å². The van der Waals surface area contributed by atoms with Crippen molar-refractivity contribution in [2.24, 2.45) is 5.73 Å². The highest BCUT2D eigenvalue weighted by Gasteiger charge is 2.23. The molecule has 9 heteroatoms. The van der Waals surface area contributed by atoms with E-state index in [1.165, 1.54) is 0 Å². The fourth-order valence-corrected chi connectivity index (χ4v) is 1.09. The minimum absolute atomic E-state index is 0.134. The fraction of sp³-hybridized carbons (Fsp3) is 0.250. The lowest BCUT2D eigenvalue weighted by molar-refractivity contribution is -0.140. The molecule has 0 radical (unpaired) electrons. The molecule has 1 atom stereocenters. The predicted molar refractivity (Wildman–Crippen MR) is 54.1 cm³/mol. The van der Waals surface area contributed by atoms with Crippen LogP contribution in [-0.4, -0.2) is 38.9 Å². The maximum Gasteiger partial charge on any atom is 0.326 e. The van der Waals surface area contributed by atoms with Gasteiger partial charge in [-0.25, -0.2) is 9.59 Å². The summed E-state index contributed by atoms with van der Waals surface area (Å²) in [6.07, 6.45) is 0.552. The number of carboxylic acids is 1. The van der Waals surface area contributed by atoms with Crippen molar-refractivity contribution in [2.45, 2.75) is 12.5 Å². The number of hydrogen-bond donors (Lipinski definition) is 5. The van der Waals surface area contributed by atoms with Crippen molar-refractivity contribution in [1.29, 1.82) is 0 Å². The zero-order valence-corrected chi connectivity index (χ0v) is 8.52. The standard InChI is InChI=1S/C8H10N4O5/c9-5(13)1-3(7(15)16)11-6(14)4-2-10-8(17)12-4/h2-3H,1H2,(H2,9,13)(H,11,14)(H,15,16)(H2,10,12,17). The van der Waals surface area contributed by atoms with Crippen molar-refractivity contribution in [3.63, 3.8) is 0 Å². The van der Waals surface area contributed by atoms with Crippen molar-refractivity contribution in [2.75, 3.05) is 0 Å². The monoisotopic (exact) mass is 242 g/mol. The van der Waals surface area contributed by atoms with Crippen LogP contribution in [0.4, 0.5) is 0 Å². The summed E-state index contributed by atoms with van der Waals surface area (Å²) in [5.41, 5.74) is 4.10. The highest BCUT2D eigenvalue weighted by Crippen LogP contribution is 1.95. The molecule has 6 N–H and O–H groups in total. The Morgan fingerprint density at radius 3 is 2.53 bits per heavy atom. The van der Waals surface area contributed by atoms with Gasteiger partial charge in [0.2, 0.25) is 5.91 Å². The molecule has 92 valence electrons. The van der Waals surface area contributed by atoms with E-state index in [1.54, 1.807) is 0 Å². The van der Waals surface area contributed by atoms with Gasteiger partial charge in [0.1, 0.15) is 11.7 Å². The van der Waals surface area contributed by atoms with Gasteiger partial charge < -0.3 is 26.1 Å². The molecule has 9 nitrogen and oxygen atoms in total. The summed E-state index contributed by atoms with van der Waals surface area (Å²) in [5, 5.41) is 10.8. The summed E-state index contributed by atoms with van der Waals surface area (Å²) in [5.74, 6) is -3.08. The quantitative estimate of drug-likeness (QED) is 0.394. The molecule has 1 aromatic heterocycles. The van der Waals surface area contributed by atoms with E-state index in [-0.39, 0.29) is 5.69 Å². The maximum atomic E-state index is 11.4. The number of carbonyl (C=O) groups excluding carboxylic acids is 2. The molecule has 0 bridgehead atoms. The number of primary amides is 1. The Hall–Kier alpha value is -2.58. The van der Waals surface area contributed by atoms with Crippen LogP contribution >= 0.6 is 0 Å². The van der Waals surface area contributed by atoms with Gasteiger partial charge in [-0.15, -0.1) is 0 Å². The number of aromatic nitrogens is 2. The number of carbonyl (C=O) groups is 3. The number of aliphatic carboxylic acids is 1. The highest BCUT2D eigenvalue weighted by molar-refractivity contribution is 5.95. The Balaban J connectivity index is 2.74. The lowest BCUT2D eigenvalue weighted by Gasteiger charge is -2.11. The second-order valence-corrected chi connectivity index (χ2v) is 3.19. The summed E-state index contributed by atoms with van der Waals surface area (Å²) in [6, 6.07) is -1.43. The molecule has 17 heavy (non-hydrogen) atoms. The van der Waals surface area contributed by atoms with Crippen LogP contribution in [0.5, 0.6) is 0 Å². The van der Waals surface area contributed by atoms with E-state index in [0.29, 0.717) is 0 Å². The zero-order chi connectivity index (χ0) is 13.0. The van der Waals surface area contributed by atoms with Gasteiger partial charge in [-0.1, -0.05) is 0 Å². The Morgan fingerprint density at radius 1 is 1.47 bits per heavy atom. The predicted octanol–water partition coefficient (Wildman–Crippen LogP) is -2.24. The van der Waals surface area contributed by atoms with E-state index in [2.05, 4.69) is 9.97 Å². The third-order valence-corrected chi connectivity index (χ3v) is 1.85. The Kier molecular flexibility index (Phi) is 3.65. The lowest BCUT2D eigenvalue weighted by atomic mass is 10.2. The summed E-state index contributed by atoms with van der Waals surface area (Å²) >= 11 is 0. The van der Waals surface area contributed by atoms with Gasteiger partial charge in [-0.3, -0.25) is 9.59 Å². The van der Waals surface area contributed by atoms with Crippen molar-refractivity contribution >= 4 is 17.8 Å². The van der Waals surface area contributed by atoms with Crippen LogP contribution < -0.4 is 16.7 Å². The van der Waals surface area contributed by atoms with Crippen molar-refractivity contribution in [3.05, 3.63) is 22.4 Å². The topological polar surface area (TPSA) is 158 Å². The smallest absolute Gasteiger partial charge is 0.326 e. The Bertz CT molecular complexity index is 502. The number of H-pyrrole nitrogens is 2. The number of hydrogen-bond acceptors (Lipinski definition) is 4. The number of rotatable bonds is 5. The van der Waals surface area contributed by atoms with Gasteiger partial charge in [0.15, 0.2) is 0 Å². The lowest BCUT2D eigenvalue weighted by Crippen LogP contribution is -2.43. The molecule has 0 aliphatic rings. The van der Waals surface area contributed by atoms with Gasteiger partial charge in [0.05, 0.1) is 6.42 Å². The summed E-state index contributed by atoms with van der Waals surface area (Å²) in [4.78, 5) is 47.8. The van der Waals surface area contributed by atoms with Gasteiger partial charge in [0, 0.05) is 6.20 Å². The van der Waals surface area contributed by atoms with Crippen molar-refractivity contribution < 1.29 is 19.5 Å². The first kappa shape index (κ1) is 12.5. The molecular weight excluding hydrogens is 232 g/mol. The number of carboxylic acid groups (broad SMARTS) is 1. The van der Waals surface area contributed by atoms with Gasteiger partial charge in [-0.2, -0.15) is 0 Å². The molecule has 0 spiro atoms. The molecule has 2 amide bonds. The number of aromatic amines is 2. The maximum absolute atomic E-state index is 11.4. The third kappa shape index (κ3) is 3.48. The fourth-order valence-electron chi connectivity index (χ4n) is 1.09. The summed E-state index contributed by atoms with van der Waals surface area (Å²) in [7, 11) is 0. The highest BCUT2D eigenvalue weighted by atomic mass is 16.4. The van der Waals surface area contributed by atoms with Crippen LogP contribution in [0.2, 0.25) is 0 Å². The third-order valence-electron chi connectivity index (χ3n) is 1.85. The van der Waals surface area contributed by atoms with Gasteiger partial charge in [-0.05, 0) is 0 Å². The molecule has 1 heterocycles. The number of nitrogens with one attached hydrogen (secondary N) is 3. The molecule has 1 rings (SSSR count). The molecule has 0 aromatic carbocycles. The first-order valence-corrected chi connectivity index (χ1v) is 4.50. The molecule has 0 saturated carbocycles.